The van der Waals surface area contributed by atoms with Crippen molar-refractivity contribution in [2.75, 3.05) is 6.54 Å². The Labute approximate surface area is 98.3 Å². The van der Waals surface area contributed by atoms with Gasteiger partial charge in [0.15, 0.2) is 0 Å². The van der Waals surface area contributed by atoms with Crippen LogP contribution in [0.5, 0.6) is 0 Å². The van der Waals surface area contributed by atoms with Gasteiger partial charge in [-0.2, -0.15) is 0 Å². The molecule has 0 heterocycles. The van der Waals surface area contributed by atoms with Crippen LogP contribution in [0, 0.1) is 11.8 Å². The molecule has 3 atom stereocenters. The first-order valence-electron chi connectivity index (χ1n) is 6.69. The monoisotopic (exact) mass is 215 g/mol. The summed E-state index contributed by atoms with van der Waals surface area (Å²) in [6, 6.07) is 11.6. The zero-order valence-electron chi connectivity index (χ0n) is 9.86. The van der Waals surface area contributed by atoms with E-state index in [1.807, 2.05) is 0 Å². The van der Waals surface area contributed by atoms with Crippen LogP contribution in [0.25, 0.3) is 0 Å². The second-order valence-electron chi connectivity index (χ2n) is 5.47. The zero-order chi connectivity index (χ0) is 10.8. The lowest BCUT2D eigenvalue weighted by atomic mass is 9.95. The molecule has 3 rings (SSSR count). The Morgan fingerprint density at radius 1 is 1.06 bits per heavy atom. The first-order chi connectivity index (χ1) is 7.92. The molecule has 0 unspecified atom stereocenters. The molecule has 1 nitrogen and oxygen atoms in total. The summed E-state index contributed by atoms with van der Waals surface area (Å²) in [5, 5.41) is 3.76. The quantitative estimate of drug-likeness (QED) is 0.814. The van der Waals surface area contributed by atoms with Crippen molar-refractivity contribution in [3.8, 4) is 0 Å². The highest BCUT2D eigenvalue weighted by atomic mass is 14.9. The lowest BCUT2D eigenvalue weighted by Crippen LogP contribution is -2.35. The fourth-order valence-corrected chi connectivity index (χ4v) is 3.54. The Hall–Kier alpha value is -0.820. The smallest absolute Gasteiger partial charge is 0.00981 e. The van der Waals surface area contributed by atoms with Crippen molar-refractivity contribution in [1.82, 2.24) is 5.32 Å². The molecule has 16 heavy (non-hydrogen) atoms. The molecule has 0 aromatic heterocycles. The van der Waals surface area contributed by atoms with Gasteiger partial charge in [-0.3, -0.25) is 0 Å². The van der Waals surface area contributed by atoms with E-state index in [4.69, 9.17) is 0 Å². The number of benzene rings is 1. The average Bonchev–Trinajstić information content (AvgIpc) is 2.92. The Morgan fingerprint density at radius 2 is 1.94 bits per heavy atom. The van der Waals surface area contributed by atoms with Crippen LogP contribution in [-0.4, -0.2) is 12.6 Å². The number of hydrogen-bond donors (Lipinski definition) is 1. The molecule has 2 aliphatic carbocycles. The summed E-state index contributed by atoms with van der Waals surface area (Å²) in [6.07, 6.45) is 7.10. The summed E-state index contributed by atoms with van der Waals surface area (Å²) >= 11 is 0. The van der Waals surface area contributed by atoms with Crippen LogP contribution in [0.3, 0.4) is 0 Å². The second-order valence-corrected chi connectivity index (χ2v) is 5.47. The van der Waals surface area contributed by atoms with Crippen molar-refractivity contribution >= 4 is 0 Å². The maximum atomic E-state index is 3.76. The van der Waals surface area contributed by atoms with Crippen molar-refractivity contribution < 1.29 is 0 Å². The third-order valence-electron chi connectivity index (χ3n) is 4.40. The fraction of sp³-hybridized carbons (Fsp3) is 0.600. The lowest BCUT2D eigenvalue weighted by Gasteiger charge is -2.22. The summed E-state index contributed by atoms with van der Waals surface area (Å²) in [7, 11) is 0. The van der Waals surface area contributed by atoms with Gasteiger partial charge in [-0.25, -0.2) is 0 Å². The number of hydrogen-bond acceptors (Lipinski definition) is 1. The van der Waals surface area contributed by atoms with Gasteiger partial charge in [0, 0.05) is 6.04 Å². The Balaban J connectivity index is 1.44. The maximum absolute atomic E-state index is 3.76. The summed E-state index contributed by atoms with van der Waals surface area (Å²) in [5.74, 6) is 2.06. The number of rotatable bonds is 4. The van der Waals surface area contributed by atoms with E-state index < -0.39 is 0 Å². The Bertz CT molecular complexity index is 333. The molecule has 1 N–H and O–H groups in total. The molecule has 0 amide bonds. The molecule has 0 aliphatic heterocycles. The average molecular weight is 215 g/mol. The number of fused-ring (bicyclic) bond motifs is 2. The molecular weight excluding hydrogens is 194 g/mol. The topological polar surface area (TPSA) is 12.0 Å². The normalized spacial score (nSPS) is 32.1. The Morgan fingerprint density at radius 3 is 2.62 bits per heavy atom. The molecule has 2 bridgehead atoms. The minimum absolute atomic E-state index is 0.836. The van der Waals surface area contributed by atoms with Gasteiger partial charge in [0.1, 0.15) is 0 Å². The van der Waals surface area contributed by atoms with E-state index in [9.17, 15) is 0 Å². The largest absolute Gasteiger partial charge is 0.313 e. The van der Waals surface area contributed by atoms with Crippen molar-refractivity contribution in [3.05, 3.63) is 35.9 Å². The van der Waals surface area contributed by atoms with E-state index in [2.05, 4.69) is 35.6 Å². The maximum Gasteiger partial charge on any atom is 0.00981 e. The molecule has 86 valence electrons. The molecular formula is C15H21N. The zero-order valence-corrected chi connectivity index (χ0v) is 9.86. The van der Waals surface area contributed by atoms with Gasteiger partial charge < -0.3 is 5.32 Å². The van der Waals surface area contributed by atoms with Gasteiger partial charge in [-0.05, 0) is 49.6 Å². The van der Waals surface area contributed by atoms with Crippen molar-refractivity contribution in [2.45, 2.75) is 38.1 Å². The third-order valence-corrected chi connectivity index (χ3v) is 4.40. The van der Waals surface area contributed by atoms with Gasteiger partial charge >= 0.3 is 0 Å². The molecule has 1 aromatic rings. The van der Waals surface area contributed by atoms with E-state index >= 15 is 0 Å². The molecule has 2 aliphatic rings. The molecule has 1 aromatic carbocycles. The van der Waals surface area contributed by atoms with Gasteiger partial charge in [0.05, 0.1) is 0 Å². The van der Waals surface area contributed by atoms with E-state index in [0.29, 0.717) is 0 Å². The highest BCUT2D eigenvalue weighted by molar-refractivity contribution is 5.14. The van der Waals surface area contributed by atoms with Gasteiger partial charge in [-0.15, -0.1) is 0 Å². The molecule has 1 heteroatoms. The minimum Gasteiger partial charge on any atom is -0.313 e. The van der Waals surface area contributed by atoms with Crippen LogP contribution < -0.4 is 5.32 Å². The SMILES string of the molecule is c1ccc(CCN[C@@H]2C[C@H]3CC[C@H]2C3)cc1. The summed E-state index contributed by atoms with van der Waals surface area (Å²) in [6.45, 7) is 1.15. The highest BCUT2D eigenvalue weighted by Crippen LogP contribution is 2.44. The predicted octanol–water partition coefficient (Wildman–Crippen LogP) is 3.01. The van der Waals surface area contributed by atoms with Crippen LogP contribution in [0.4, 0.5) is 0 Å². The standard InChI is InChI=1S/C15H21N/c1-2-4-12(5-3-1)8-9-16-15-11-13-6-7-14(15)10-13/h1-5,13-16H,6-11H2/t13-,14-,15+/m0/s1. The highest BCUT2D eigenvalue weighted by Gasteiger charge is 2.38. The van der Waals surface area contributed by atoms with Crippen molar-refractivity contribution in [2.24, 2.45) is 11.8 Å². The van der Waals surface area contributed by atoms with Crippen molar-refractivity contribution in [1.29, 1.82) is 0 Å². The predicted molar refractivity (Wildman–Crippen MR) is 67.4 cm³/mol. The minimum atomic E-state index is 0.836. The van der Waals surface area contributed by atoms with Crippen LogP contribution in [0.2, 0.25) is 0 Å². The van der Waals surface area contributed by atoms with E-state index in [0.717, 1.165) is 24.4 Å². The van der Waals surface area contributed by atoms with Gasteiger partial charge in [0.25, 0.3) is 0 Å². The first kappa shape index (κ1) is 10.3. The van der Waals surface area contributed by atoms with Crippen LogP contribution in [0.1, 0.15) is 31.2 Å². The van der Waals surface area contributed by atoms with Gasteiger partial charge in [0.2, 0.25) is 0 Å². The van der Waals surface area contributed by atoms with E-state index in [-0.39, 0.29) is 0 Å². The molecule has 2 fully saturated rings. The van der Waals surface area contributed by atoms with Gasteiger partial charge in [-0.1, -0.05) is 36.8 Å². The Kier molecular flexibility index (Phi) is 2.96. The summed E-state index contributed by atoms with van der Waals surface area (Å²) in [4.78, 5) is 0. The summed E-state index contributed by atoms with van der Waals surface area (Å²) in [5.41, 5.74) is 1.46. The van der Waals surface area contributed by atoms with Crippen LogP contribution >= 0.6 is 0 Å². The van der Waals surface area contributed by atoms with Crippen molar-refractivity contribution in [3.63, 3.8) is 0 Å². The van der Waals surface area contributed by atoms with E-state index in [1.165, 1.54) is 37.7 Å². The third kappa shape index (κ3) is 2.15. The first-order valence-corrected chi connectivity index (χ1v) is 6.69. The molecule has 0 radical (unpaired) electrons. The lowest BCUT2D eigenvalue weighted by molar-refractivity contribution is 0.354. The fourth-order valence-electron chi connectivity index (χ4n) is 3.54. The molecule has 0 saturated heterocycles. The summed E-state index contributed by atoms with van der Waals surface area (Å²) < 4.78 is 0. The number of nitrogens with one attached hydrogen (secondary N) is 1. The molecule has 0 spiro atoms. The van der Waals surface area contributed by atoms with E-state index in [1.54, 1.807) is 0 Å². The molecule has 2 saturated carbocycles. The second kappa shape index (κ2) is 4.58. The van der Waals surface area contributed by atoms with Crippen LogP contribution in [0.15, 0.2) is 30.3 Å². The van der Waals surface area contributed by atoms with Crippen LogP contribution in [-0.2, 0) is 6.42 Å².